The smallest absolute Gasteiger partial charge is 0.237 e. The fraction of sp³-hybridized carbons (Fsp3) is 0.381. The van der Waals surface area contributed by atoms with Crippen molar-refractivity contribution in [2.24, 2.45) is 17.4 Å². The quantitative estimate of drug-likeness (QED) is 0.707. The van der Waals surface area contributed by atoms with Gasteiger partial charge in [-0.15, -0.1) is 0 Å². The number of benzene rings is 2. The Morgan fingerprint density at radius 1 is 1.12 bits per heavy atom. The first-order valence-electron chi connectivity index (χ1n) is 9.15. The summed E-state index contributed by atoms with van der Waals surface area (Å²) in [7, 11) is 0. The van der Waals surface area contributed by atoms with Gasteiger partial charge < -0.3 is 21.5 Å². The van der Waals surface area contributed by atoms with E-state index in [1.54, 1.807) is 0 Å². The Balaban J connectivity index is 1.48. The molecule has 2 aromatic carbocycles. The standard InChI is InChI=1S/C21H27N3O2/c22-12-19-10-16(14-26-19)13-24-21(25)20(23)11-15-6-8-18(9-7-15)17-4-2-1-3-5-17/h1-9,16,19-20H,10-14,22-23H2,(H,24,25)/t16?,19?,20-/m0/s1. The molecule has 138 valence electrons. The molecule has 0 saturated carbocycles. The normalized spacial score (nSPS) is 20.7. The van der Waals surface area contributed by atoms with Crippen molar-refractivity contribution >= 4 is 5.91 Å². The lowest BCUT2D eigenvalue weighted by molar-refractivity contribution is -0.122. The number of nitrogens with two attached hydrogens (primary N) is 2. The molecule has 2 aromatic rings. The molecule has 5 N–H and O–H groups in total. The molecule has 2 unspecified atom stereocenters. The van der Waals surface area contributed by atoms with Gasteiger partial charge in [0.15, 0.2) is 0 Å². The van der Waals surface area contributed by atoms with Crippen molar-refractivity contribution < 1.29 is 9.53 Å². The lowest BCUT2D eigenvalue weighted by Gasteiger charge is -2.15. The van der Waals surface area contributed by atoms with Gasteiger partial charge >= 0.3 is 0 Å². The van der Waals surface area contributed by atoms with Crippen LogP contribution in [0.4, 0.5) is 0 Å². The minimum absolute atomic E-state index is 0.117. The van der Waals surface area contributed by atoms with E-state index < -0.39 is 6.04 Å². The molecule has 26 heavy (non-hydrogen) atoms. The summed E-state index contributed by atoms with van der Waals surface area (Å²) in [4.78, 5) is 12.2. The van der Waals surface area contributed by atoms with Crippen molar-refractivity contribution in [3.05, 3.63) is 60.2 Å². The number of amides is 1. The van der Waals surface area contributed by atoms with Gasteiger partial charge in [-0.2, -0.15) is 0 Å². The van der Waals surface area contributed by atoms with Crippen LogP contribution in [0.5, 0.6) is 0 Å². The molecule has 3 atom stereocenters. The van der Waals surface area contributed by atoms with E-state index in [-0.39, 0.29) is 12.0 Å². The predicted octanol–water partition coefficient (Wildman–Crippen LogP) is 1.70. The third-order valence-corrected chi connectivity index (χ3v) is 4.85. The summed E-state index contributed by atoms with van der Waals surface area (Å²) in [6.07, 6.45) is 1.54. The van der Waals surface area contributed by atoms with Crippen LogP contribution in [0.3, 0.4) is 0 Å². The van der Waals surface area contributed by atoms with Gasteiger partial charge in [0.25, 0.3) is 0 Å². The summed E-state index contributed by atoms with van der Waals surface area (Å²) < 4.78 is 5.54. The zero-order chi connectivity index (χ0) is 18.4. The number of ether oxygens (including phenoxy) is 1. The van der Waals surface area contributed by atoms with Crippen molar-refractivity contribution in [3.63, 3.8) is 0 Å². The second kappa shape index (κ2) is 8.94. The van der Waals surface area contributed by atoms with Gasteiger partial charge in [-0.1, -0.05) is 54.6 Å². The van der Waals surface area contributed by atoms with E-state index in [2.05, 4.69) is 29.6 Å². The molecule has 1 heterocycles. The Hall–Kier alpha value is -2.21. The highest BCUT2D eigenvalue weighted by Gasteiger charge is 2.25. The highest BCUT2D eigenvalue weighted by atomic mass is 16.5. The molecule has 1 fully saturated rings. The first kappa shape index (κ1) is 18.6. The fourth-order valence-corrected chi connectivity index (χ4v) is 3.27. The zero-order valence-electron chi connectivity index (χ0n) is 14.9. The molecule has 3 rings (SSSR count). The van der Waals surface area contributed by atoms with Crippen LogP contribution in [-0.4, -0.2) is 37.7 Å². The summed E-state index contributed by atoms with van der Waals surface area (Å²) in [5, 5.41) is 2.94. The number of hydrogen-bond acceptors (Lipinski definition) is 4. The highest BCUT2D eigenvalue weighted by Crippen LogP contribution is 2.20. The Kier molecular flexibility index (Phi) is 6.39. The largest absolute Gasteiger partial charge is 0.377 e. The summed E-state index contributed by atoms with van der Waals surface area (Å²) in [5.41, 5.74) is 15.1. The molecule has 0 aromatic heterocycles. The van der Waals surface area contributed by atoms with Crippen LogP contribution >= 0.6 is 0 Å². The number of rotatable bonds is 7. The van der Waals surface area contributed by atoms with Crippen molar-refractivity contribution in [1.82, 2.24) is 5.32 Å². The van der Waals surface area contributed by atoms with Crippen molar-refractivity contribution in [3.8, 4) is 11.1 Å². The van der Waals surface area contributed by atoms with Crippen molar-refractivity contribution in [1.29, 1.82) is 0 Å². The Morgan fingerprint density at radius 3 is 2.46 bits per heavy atom. The van der Waals surface area contributed by atoms with E-state index >= 15 is 0 Å². The lowest BCUT2D eigenvalue weighted by atomic mass is 10.0. The van der Waals surface area contributed by atoms with E-state index in [0.29, 0.717) is 32.0 Å². The molecule has 0 aliphatic carbocycles. The maximum atomic E-state index is 12.2. The van der Waals surface area contributed by atoms with Crippen LogP contribution in [0.2, 0.25) is 0 Å². The van der Waals surface area contributed by atoms with Gasteiger partial charge in [0.05, 0.1) is 18.8 Å². The maximum Gasteiger partial charge on any atom is 0.237 e. The van der Waals surface area contributed by atoms with Crippen LogP contribution in [0, 0.1) is 5.92 Å². The van der Waals surface area contributed by atoms with E-state index in [4.69, 9.17) is 16.2 Å². The third kappa shape index (κ3) is 4.91. The second-order valence-corrected chi connectivity index (χ2v) is 6.91. The number of carbonyl (C=O) groups excluding carboxylic acids is 1. The molecule has 1 saturated heterocycles. The van der Waals surface area contributed by atoms with E-state index in [1.165, 1.54) is 5.56 Å². The molecule has 1 aliphatic heterocycles. The van der Waals surface area contributed by atoms with Gasteiger partial charge in [-0.3, -0.25) is 4.79 Å². The second-order valence-electron chi connectivity index (χ2n) is 6.91. The van der Waals surface area contributed by atoms with E-state index in [9.17, 15) is 4.79 Å². The first-order chi connectivity index (χ1) is 12.7. The average molecular weight is 353 g/mol. The molecule has 5 nitrogen and oxygen atoms in total. The van der Waals surface area contributed by atoms with Gasteiger partial charge in [-0.05, 0) is 29.5 Å². The van der Waals surface area contributed by atoms with Crippen LogP contribution in [0.25, 0.3) is 11.1 Å². The third-order valence-electron chi connectivity index (χ3n) is 4.85. The van der Waals surface area contributed by atoms with E-state index in [0.717, 1.165) is 17.5 Å². The van der Waals surface area contributed by atoms with Crippen LogP contribution in [0.15, 0.2) is 54.6 Å². The highest BCUT2D eigenvalue weighted by molar-refractivity contribution is 5.81. The van der Waals surface area contributed by atoms with Crippen molar-refractivity contribution in [2.45, 2.75) is 25.0 Å². The van der Waals surface area contributed by atoms with E-state index in [1.807, 2.05) is 30.3 Å². The monoisotopic (exact) mass is 353 g/mol. The first-order valence-corrected chi connectivity index (χ1v) is 9.15. The summed E-state index contributed by atoms with van der Waals surface area (Å²) in [6, 6.07) is 17.9. The summed E-state index contributed by atoms with van der Waals surface area (Å²) in [5.74, 6) is 0.207. The van der Waals surface area contributed by atoms with Crippen LogP contribution < -0.4 is 16.8 Å². The molecular weight excluding hydrogens is 326 g/mol. The number of nitrogens with one attached hydrogen (secondary N) is 1. The predicted molar refractivity (Wildman–Crippen MR) is 103 cm³/mol. The summed E-state index contributed by atoms with van der Waals surface area (Å²) >= 11 is 0. The summed E-state index contributed by atoms with van der Waals surface area (Å²) in [6.45, 7) is 1.78. The maximum absolute atomic E-state index is 12.2. The Bertz CT molecular complexity index is 703. The minimum atomic E-state index is -0.551. The lowest BCUT2D eigenvalue weighted by Crippen LogP contribution is -2.43. The molecule has 1 amide bonds. The van der Waals surface area contributed by atoms with Crippen molar-refractivity contribution in [2.75, 3.05) is 19.7 Å². The molecular formula is C21H27N3O2. The topological polar surface area (TPSA) is 90.4 Å². The Morgan fingerprint density at radius 2 is 1.81 bits per heavy atom. The van der Waals surface area contributed by atoms with Gasteiger partial charge in [0, 0.05) is 19.0 Å². The molecule has 0 radical (unpaired) electrons. The number of hydrogen-bond donors (Lipinski definition) is 3. The molecule has 1 aliphatic rings. The van der Waals surface area contributed by atoms with Crippen LogP contribution in [-0.2, 0) is 16.0 Å². The van der Waals surface area contributed by atoms with Gasteiger partial charge in [0.1, 0.15) is 0 Å². The SMILES string of the molecule is NCC1CC(CNC(=O)[C@@H](N)Cc2ccc(-c3ccccc3)cc2)CO1. The minimum Gasteiger partial charge on any atom is -0.377 e. The molecule has 0 spiro atoms. The zero-order valence-corrected chi connectivity index (χ0v) is 14.9. The fourth-order valence-electron chi connectivity index (χ4n) is 3.27. The average Bonchev–Trinajstić information content (AvgIpc) is 3.15. The molecule has 5 heteroatoms. The number of carbonyl (C=O) groups is 1. The van der Waals surface area contributed by atoms with Gasteiger partial charge in [0.2, 0.25) is 5.91 Å². The van der Waals surface area contributed by atoms with Gasteiger partial charge in [-0.25, -0.2) is 0 Å². The molecule has 0 bridgehead atoms. The Labute approximate surface area is 154 Å². The van der Waals surface area contributed by atoms with Crippen LogP contribution in [0.1, 0.15) is 12.0 Å².